The van der Waals surface area contributed by atoms with Crippen LogP contribution in [0.1, 0.15) is 18.6 Å². The van der Waals surface area contributed by atoms with Gasteiger partial charge < -0.3 is 14.6 Å². The van der Waals surface area contributed by atoms with Gasteiger partial charge in [0.25, 0.3) is 0 Å². The lowest BCUT2D eigenvalue weighted by Gasteiger charge is -2.26. The van der Waals surface area contributed by atoms with Crippen molar-refractivity contribution in [3.63, 3.8) is 0 Å². The SMILES string of the molecule is CCc1nnc(COC2CNC2)n1C. The van der Waals surface area contributed by atoms with E-state index in [0.29, 0.717) is 12.7 Å². The Morgan fingerprint density at radius 3 is 2.64 bits per heavy atom. The first-order valence-corrected chi connectivity index (χ1v) is 5.00. The van der Waals surface area contributed by atoms with Crippen LogP contribution in [0.4, 0.5) is 0 Å². The molecule has 78 valence electrons. The third-order valence-electron chi connectivity index (χ3n) is 2.56. The van der Waals surface area contributed by atoms with Crippen LogP contribution >= 0.6 is 0 Å². The Kier molecular flexibility index (Phi) is 2.79. The molecule has 5 nitrogen and oxygen atoms in total. The van der Waals surface area contributed by atoms with E-state index < -0.39 is 0 Å². The molecule has 0 bridgehead atoms. The van der Waals surface area contributed by atoms with Crippen LogP contribution in [0.15, 0.2) is 0 Å². The molecule has 2 heterocycles. The van der Waals surface area contributed by atoms with Gasteiger partial charge in [-0.25, -0.2) is 0 Å². The van der Waals surface area contributed by atoms with Gasteiger partial charge in [0.05, 0.1) is 6.10 Å². The maximum Gasteiger partial charge on any atom is 0.158 e. The summed E-state index contributed by atoms with van der Waals surface area (Å²) < 4.78 is 7.62. The predicted molar refractivity (Wildman–Crippen MR) is 51.8 cm³/mol. The van der Waals surface area contributed by atoms with E-state index in [4.69, 9.17) is 4.74 Å². The second-order valence-electron chi connectivity index (χ2n) is 3.54. The summed E-state index contributed by atoms with van der Waals surface area (Å²) in [6.07, 6.45) is 1.27. The summed E-state index contributed by atoms with van der Waals surface area (Å²) in [6.45, 7) is 4.55. The molecular weight excluding hydrogens is 180 g/mol. The highest BCUT2D eigenvalue weighted by atomic mass is 16.5. The van der Waals surface area contributed by atoms with Crippen molar-refractivity contribution in [2.45, 2.75) is 26.1 Å². The van der Waals surface area contributed by atoms with Crippen molar-refractivity contribution in [3.8, 4) is 0 Å². The van der Waals surface area contributed by atoms with E-state index in [0.717, 1.165) is 31.2 Å². The molecule has 1 N–H and O–H groups in total. The standard InChI is InChI=1S/C9H16N4O/c1-3-8-11-12-9(13(8)2)6-14-7-4-10-5-7/h7,10H,3-6H2,1-2H3. The molecule has 0 radical (unpaired) electrons. The third-order valence-corrected chi connectivity index (χ3v) is 2.56. The van der Waals surface area contributed by atoms with E-state index in [9.17, 15) is 0 Å². The summed E-state index contributed by atoms with van der Waals surface area (Å²) in [5, 5.41) is 11.3. The second-order valence-corrected chi connectivity index (χ2v) is 3.54. The van der Waals surface area contributed by atoms with E-state index in [2.05, 4.69) is 22.4 Å². The fraction of sp³-hybridized carbons (Fsp3) is 0.778. The van der Waals surface area contributed by atoms with Crippen molar-refractivity contribution in [2.75, 3.05) is 13.1 Å². The molecule has 0 saturated carbocycles. The topological polar surface area (TPSA) is 52.0 Å². The van der Waals surface area contributed by atoms with Gasteiger partial charge >= 0.3 is 0 Å². The molecule has 0 atom stereocenters. The number of hydrogen-bond acceptors (Lipinski definition) is 4. The van der Waals surface area contributed by atoms with Gasteiger partial charge in [-0.15, -0.1) is 10.2 Å². The largest absolute Gasteiger partial charge is 0.368 e. The maximum atomic E-state index is 5.62. The molecule has 1 fully saturated rings. The smallest absolute Gasteiger partial charge is 0.158 e. The summed E-state index contributed by atoms with van der Waals surface area (Å²) in [7, 11) is 1.98. The first-order chi connectivity index (χ1) is 6.81. The highest BCUT2D eigenvalue weighted by molar-refractivity contribution is 4.93. The van der Waals surface area contributed by atoms with Crippen molar-refractivity contribution < 1.29 is 4.74 Å². The van der Waals surface area contributed by atoms with Crippen molar-refractivity contribution in [1.29, 1.82) is 0 Å². The number of nitrogens with zero attached hydrogens (tertiary/aromatic N) is 3. The van der Waals surface area contributed by atoms with Crippen LogP contribution in [0.25, 0.3) is 0 Å². The van der Waals surface area contributed by atoms with Crippen LogP contribution in [0.2, 0.25) is 0 Å². The molecule has 5 heteroatoms. The fourth-order valence-electron chi connectivity index (χ4n) is 1.40. The highest BCUT2D eigenvalue weighted by Gasteiger charge is 2.18. The summed E-state index contributed by atoms with van der Waals surface area (Å²) in [5.41, 5.74) is 0. The van der Waals surface area contributed by atoms with Gasteiger partial charge in [0, 0.05) is 26.6 Å². The van der Waals surface area contributed by atoms with Crippen LogP contribution < -0.4 is 5.32 Å². The maximum absolute atomic E-state index is 5.62. The van der Waals surface area contributed by atoms with Gasteiger partial charge in [-0.05, 0) is 0 Å². The summed E-state index contributed by atoms with van der Waals surface area (Å²) in [4.78, 5) is 0. The van der Waals surface area contributed by atoms with E-state index in [1.807, 2.05) is 11.6 Å². The molecule has 1 aromatic rings. The molecule has 0 aromatic carbocycles. The zero-order valence-corrected chi connectivity index (χ0v) is 8.66. The minimum Gasteiger partial charge on any atom is -0.368 e. The molecule has 0 unspecified atom stereocenters. The van der Waals surface area contributed by atoms with Gasteiger partial charge in [-0.2, -0.15) is 0 Å². The monoisotopic (exact) mass is 196 g/mol. The predicted octanol–water partition coefficient (Wildman–Crippen LogP) is -0.134. The number of nitrogens with one attached hydrogen (secondary N) is 1. The molecule has 1 saturated heterocycles. The van der Waals surface area contributed by atoms with Gasteiger partial charge in [0.1, 0.15) is 12.4 Å². The minimum atomic E-state index is 0.358. The van der Waals surface area contributed by atoms with Gasteiger partial charge in [0.15, 0.2) is 5.82 Å². The Hall–Kier alpha value is -0.940. The van der Waals surface area contributed by atoms with Crippen molar-refractivity contribution in [1.82, 2.24) is 20.1 Å². The Morgan fingerprint density at radius 2 is 2.14 bits per heavy atom. The van der Waals surface area contributed by atoms with Crippen LogP contribution in [-0.4, -0.2) is 34.0 Å². The summed E-state index contributed by atoms with van der Waals surface area (Å²) in [5.74, 6) is 1.92. The first-order valence-electron chi connectivity index (χ1n) is 5.00. The number of aryl methyl sites for hydroxylation is 1. The second kappa shape index (κ2) is 4.06. The van der Waals surface area contributed by atoms with Crippen LogP contribution in [0.3, 0.4) is 0 Å². The van der Waals surface area contributed by atoms with Crippen molar-refractivity contribution >= 4 is 0 Å². The Balaban J connectivity index is 1.91. The molecule has 14 heavy (non-hydrogen) atoms. The number of aromatic nitrogens is 3. The van der Waals surface area contributed by atoms with E-state index in [1.54, 1.807) is 0 Å². The highest BCUT2D eigenvalue weighted by Crippen LogP contribution is 2.05. The molecule has 1 aliphatic heterocycles. The lowest BCUT2D eigenvalue weighted by molar-refractivity contribution is 0.00330. The molecule has 0 aliphatic carbocycles. The third kappa shape index (κ3) is 1.78. The average molecular weight is 196 g/mol. The number of ether oxygens (including phenoxy) is 1. The van der Waals surface area contributed by atoms with Crippen LogP contribution in [0.5, 0.6) is 0 Å². The van der Waals surface area contributed by atoms with Gasteiger partial charge in [-0.3, -0.25) is 0 Å². The normalized spacial score (nSPS) is 17.0. The van der Waals surface area contributed by atoms with Crippen LogP contribution in [0, 0.1) is 0 Å². The average Bonchev–Trinajstić information content (AvgIpc) is 2.45. The minimum absolute atomic E-state index is 0.358. The Labute approximate surface area is 83.5 Å². The molecule has 0 spiro atoms. The first kappa shape index (κ1) is 9.61. The molecule has 0 amide bonds. The molecule has 2 rings (SSSR count). The summed E-state index contributed by atoms with van der Waals surface area (Å²) in [6, 6.07) is 0. The Bertz CT molecular complexity index is 306. The molecular formula is C9H16N4O. The lowest BCUT2D eigenvalue weighted by atomic mass is 10.2. The van der Waals surface area contributed by atoms with Gasteiger partial charge in [-0.1, -0.05) is 6.92 Å². The summed E-state index contributed by atoms with van der Waals surface area (Å²) >= 11 is 0. The van der Waals surface area contributed by atoms with Crippen molar-refractivity contribution in [3.05, 3.63) is 11.6 Å². The van der Waals surface area contributed by atoms with E-state index in [1.165, 1.54) is 0 Å². The van der Waals surface area contributed by atoms with E-state index in [-0.39, 0.29) is 0 Å². The van der Waals surface area contributed by atoms with E-state index >= 15 is 0 Å². The fourth-order valence-corrected chi connectivity index (χ4v) is 1.40. The molecule has 1 aromatic heterocycles. The Morgan fingerprint density at radius 1 is 1.43 bits per heavy atom. The number of rotatable bonds is 4. The van der Waals surface area contributed by atoms with Crippen LogP contribution in [-0.2, 0) is 24.8 Å². The molecule has 1 aliphatic rings. The number of hydrogen-bond donors (Lipinski definition) is 1. The zero-order valence-electron chi connectivity index (χ0n) is 8.66. The zero-order chi connectivity index (χ0) is 9.97. The van der Waals surface area contributed by atoms with Gasteiger partial charge in [0.2, 0.25) is 0 Å². The quantitative estimate of drug-likeness (QED) is 0.728. The van der Waals surface area contributed by atoms with Crippen molar-refractivity contribution in [2.24, 2.45) is 7.05 Å². The lowest BCUT2D eigenvalue weighted by Crippen LogP contribution is -2.48.